The lowest BCUT2D eigenvalue weighted by Gasteiger charge is -2.42. The van der Waals surface area contributed by atoms with Gasteiger partial charge in [-0.15, -0.1) is 0 Å². The molecule has 5 nitrogen and oxygen atoms in total. The molecule has 0 aromatic heterocycles. The fourth-order valence-corrected chi connectivity index (χ4v) is 3.60. The van der Waals surface area contributed by atoms with Gasteiger partial charge in [0.25, 0.3) is 0 Å². The van der Waals surface area contributed by atoms with Gasteiger partial charge >= 0.3 is 0 Å². The van der Waals surface area contributed by atoms with Crippen LogP contribution in [-0.4, -0.2) is 56.2 Å². The van der Waals surface area contributed by atoms with Crippen LogP contribution in [0.15, 0.2) is 0 Å². The van der Waals surface area contributed by atoms with Gasteiger partial charge in [0.15, 0.2) is 0 Å². The number of hydrogen-bond acceptors (Lipinski definition) is 4. The van der Waals surface area contributed by atoms with Crippen LogP contribution in [0.4, 0.5) is 0 Å². The largest absolute Gasteiger partial charge is 0.379 e. The molecule has 1 aliphatic carbocycles. The van der Waals surface area contributed by atoms with E-state index in [1.165, 1.54) is 32.1 Å². The highest BCUT2D eigenvalue weighted by atomic mass is 16.5. The Kier molecular flexibility index (Phi) is 6.66. The highest BCUT2D eigenvalue weighted by Gasteiger charge is 2.35. The molecule has 128 valence electrons. The third kappa shape index (κ3) is 4.93. The summed E-state index contributed by atoms with van der Waals surface area (Å²) in [6.07, 6.45) is 6.33. The Balaban J connectivity index is 1.91. The van der Waals surface area contributed by atoms with Gasteiger partial charge in [0.2, 0.25) is 5.91 Å². The second-order valence-electron chi connectivity index (χ2n) is 7.31. The molecule has 0 bridgehead atoms. The van der Waals surface area contributed by atoms with E-state index in [1.54, 1.807) is 0 Å². The Morgan fingerprint density at radius 2 is 1.86 bits per heavy atom. The Labute approximate surface area is 134 Å². The first-order chi connectivity index (χ1) is 10.5. The quantitative estimate of drug-likeness (QED) is 0.777. The molecule has 2 aliphatic rings. The maximum absolute atomic E-state index is 12.2. The van der Waals surface area contributed by atoms with Gasteiger partial charge in [-0.1, -0.05) is 26.2 Å². The number of nitrogens with zero attached hydrogens (tertiary/aromatic N) is 1. The zero-order chi connectivity index (χ0) is 16.0. The van der Waals surface area contributed by atoms with E-state index in [4.69, 9.17) is 10.5 Å². The van der Waals surface area contributed by atoms with Crippen molar-refractivity contribution in [3.8, 4) is 0 Å². The van der Waals surface area contributed by atoms with E-state index < -0.39 is 0 Å². The van der Waals surface area contributed by atoms with Crippen molar-refractivity contribution < 1.29 is 9.53 Å². The van der Waals surface area contributed by atoms with Gasteiger partial charge in [0, 0.05) is 43.6 Å². The van der Waals surface area contributed by atoms with Crippen molar-refractivity contribution in [3.63, 3.8) is 0 Å². The highest BCUT2D eigenvalue weighted by molar-refractivity contribution is 5.78. The van der Waals surface area contributed by atoms with E-state index in [2.05, 4.69) is 10.2 Å². The van der Waals surface area contributed by atoms with Gasteiger partial charge in [0.05, 0.1) is 13.2 Å². The van der Waals surface area contributed by atoms with Crippen molar-refractivity contribution in [3.05, 3.63) is 0 Å². The Bertz CT molecular complexity index is 348. The van der Waals surface area contributed by atoms with Crippen LogP contribution >= 0.6 is 0 Å². The maximum Gasteiger partial charge on any atom is 0.224 e. The summed E-state index contributed by atoms with van der Waals surface area (Å²) >= 11 is 0. The Morgan fingerprint density at radius 1 is 1.23 bits per heavy atom. The summed E-state index contributed by atoms with van der Waals surface area (Å²) in [5.74, 6) is -0.0223. The molecule has 2 rings (SSSR count). The fraction of sp³-hybridized carbons (Fsp3) is 0.941. The van der Waals surface area contributed by atoms with Crippen molar-refractivity contribution in [1.29, 1.82) is 0 Å². The van der Waals surface area contributed by atoms with E-state index in [1.807, 2.05) is 13.8 Å². The zero-order valence-electron chi connectivity index (χ0n) is 14.3. The van der Waals surface area contributed by atoms with Gasteiger partial charge in [-0.3, -0.25) is 9.69 Å². The van der Waals surface area contributed by atoms with Gasteiger partial charge in [0.1, 0.15) is 0 Å². The molecule has 1 aliphatic heterocycles. The van der Waals surface area contributed by atoms with Crippen LogP contribution in [0, 0.1) is 11.3 Å². The summed E-state index contributed by atoms with van der Waals surface area (Å²) in [4.78, 5) is 14.7. The number of amides is 1. The third-order valence-electron chi connectivity index (χ3n) is 5.42. The van der Waals surface area contributed by atoms with E-state index in [-0.39, 0.29) is 23.3 Å². The molecule has 0 aromatic rings. The molecule has 0 spiro atoms. The number of carbonyl (C=O) groups excluding carboxylic acids is 1. The number of nitrogens with one attached hydrogen (secondary N) is 1. The van der Waals surface area contributed by atoms with Crippen molar-refractivity contribution in [2.75, 3.05) is 39.4 Å². The average Bonchev–Trinajstić information content (AvgIpc) is 2.53. The van der Waals surface area contributed by atoms with Crippen LogP contribution in [0.1, 0.15) is 46.0 Å². The lowest BCUT2D eigenvalue weighted by atomic mass is 9.73. The Morgan fingerprint density at radius 3 is 2.45 bits per heavy atom. The molecule has 2 fully saturated rings. The van der Waals surface area contributed by atoms with Crippen LogP contribution in [0.5, 0.6) is 0 Å². The number of morpholine rings is 1. The number of ether oxygens (including phenoxy) is 1. The van der Waals surface area contributed by atoms with Crippen LogP contribution in [0.25, 0.3) is 0 Å². The predicted octanol–water partition coefficient (Wildman–Crippen LogP) is 1.37. The zero-order valence-corrected chi connectivity index (χ0v) is 14.3. The SMILES string of the molecule is CC(N)C(C)C(=O)NCC1(CN2CCOCC2)CCCCC1. The average molecular weight is 311 g/mol. The number of carbonyl (C=O) groups is 1. The standard InChI is InChI=1S/C17H33N3O2/c1-14(15(2)18)16(21)19-12-17(6-4-3-5-7-17)13-20-8-10-22-11-9-20/h14-15H,3-13,18H2,1-2H3,(H,19,21). The number of rotatable bonds is 6. The maximum atomic E-state index is 12.2. The lowest BCUT2D eigenvalue weighted by Crippen LogP contribution is -2.50. The smallest absolute Gasteiger partial charge is 0.224 e. The van der Waals surface area contributed by atoms with Crippen LogP contribution in [0.3, 0.4) is 0 Å². The Hall–Kier alpha value is -0.650. The molecular weight excluding hydrogens is 278 g/mol. The first kappa shape index (κ1) is 17.7. The van der Waals surface area contributed by atoms with Crippen LogP contribution < -0.4 is 11.1 Å². The van der Waals surface area contributed by atoms with Crippen molar-refractivity contribution >= 4 is 5.91 Å². The minimum atomic E-state index is -0.121. The minimum Gasteiger partial charge on any atom is -0.379 e. The molecule has 1 saturated carbocycles. The van der Waals surface area contributed by atoms with Gasteiger partial charge in [-0.25, -0.2) is 0 Å². The summed E-state index contributed by atoms with van der Waals surface area (Å²) in [6, 6.07) is -0.0958. The summed E-state index contributed by atoms with van der Waals surface area (Å²) < 4.78 is 5.45. The minimum absolute atomic E-state index is 0.0958. The van der Waals surface area contributed by atoms with Crippen molar-refractivity contribution in [2.24, 2.45) is 17.1 Å². The van der Waals surface area contributed by atoms with Crippen LogP contribution in [0.2, 0.25) is 0 Å². The van der Waals surface area contributed by atoms with E-state index >= 15 is 0 Å². The monoisotopic (exact) mass is 311 g/mol. The van der Waals surface area contributed by atoms with E-state index in [9.17, 15) is 4.79 Å². The normalized spacial score (nSPS) is 25.4. The fourth-order valence-electron chi connectivity index (χ4n) is 3.60. The summed E-state index contributed by atoms with van der Waals surface area (Å²) in [6.45, 7) is 9.40. The molecule has 2 unspecified atom stereocenters. The molecule has 1 amide bonds. The number of hydrogen-bond donors (Lipinski definition) is 2. The first-order valence-corrected chi connectivity index (χ1v) is 8.86. The first-order valence-electron chi connectivity index (χ1n) is 8.86. The van der Waals surface area contributed by atoms with Crippen molar-refractivity contribution in [2.45, 2.75) is 52.0 Å². The summed E-state index contributed by atoms with van der Waals surface area (Å²) in [5, 5.41) is 3.19. The predicted molar refractivity (Wildman–Crippen MR) is 88.6 cm³/mol. The molecule has 1 heterocycles. The van der Waals surface area contributed by atoms with Crippen molar-refractivity contribution in [1.82, 2.24) is 10.2 Å². The molecule has 1 saturated heterocycles. The molecule has 2 atom stereocenters. The van der Waals surface area contributed by atoms with Crippen LogP contribution in [-0.2, 0) is 9.53 Å². The molecule has 0 radical (unpaired) electrons. The molecule has 3 N–H and O–H groups in total. The van der Waals surface area contributed by atoms with Gasteiger partial charge in [-0.2, -0.15) is 0 Å². The van der Waals surface area contributed by atoms with E-state index in [0.29, 0.717) is 0 Å². The van der Waals surface area contributed by atoms with Gasteiger partial charge < -0.3 is 15.8 Å². The van der Waals surface area contributed by atoms with E-state index in [0.717, 1.165) is 39.4 Å². The topological polar surface area (TPSA) is 67.6 Å². The molecule has 0 aromatic carbocycles. The number of nitrogens with two attached hydrogens (primary N) is 1. The lowest BCUT2D eigenvalue weighted by molar-refractivity contribution is -0.125. The third-order valence-corrected chi connectivity index (χ3v) is 5.42. The second kappa shape index (κ2) is 8.27. The molecule has 22 heavy (non-hydrogen) atoms. The highest BCUT2D eigenvalue weighted by Crippen LogP contribution is 2.36. The summed E-state index contributed by atoms with van der Waals surface area (Å²) in [7, 11) is 0. The molecule has 5 heteroatoms. The molecular formula is C17H33N3O2. The van der Waals surface area contributed by atoms with Gasteiger partial charge in [-0.05, 0) is 19.8 Å². The second-order valence-corrected chi connectivity index (χ2v) is 7.31. The summed E-state index contributed by atoms with van der Waals surface area (Å²) in [5.41, 5.74) is 6.08.